The highest BCUT2D eigenvalue weighted by Crippen LogP contribution is 2.37. The van der Waals surface area contributed by atoms with Gasteiger partial charge in [-0.05, 0) is 42.3 Å². The summed E-state index contributed by atoms with van der Waals surface area (Å²) in [4.78, 5) is 25.2. The first-order valence-corrected chi connectivity index (χ1v) is 10.9. The number of carbonyl (C=O) groups is 1. The lowest BCUT2D eigenvalue weighted by Crippen LogP contribution is -2.27. The van der Waals surface area contributed by atoms with Crippen LogP contribution in [0.1, 0.15) is 18.2 Å². The molecule has 4 rings (SSSR count). The van der Waals surface area contributed by atoms with E-state index in [0.29, 0.717) is 26.3 Å². The number of amides is 1. The number of thioether (sulfide) groups is 1. The van der Waals surface area contributed by atoms with Crippen LogP contribution >= 0.6 is 35.6 Å². The van der Waals surface area contributed by atoms with E-state index >= 15 is 0 Å². The quantitative estimate of drug-likeness (QED) is 0.184. The van der Waals surface area contributed by atoms with E-state index in [2.05, 4.69) is 6.92 Å². The second-order valence-corrected chi connectivity index (χ2v) is 8.74. The van der Waals surface area contributed by atoms with E-state index in [9.17, 15) is 14.9 Å². The van der Waals surface area contributed by atoms with Gasteiger partial charge in [0, 0.05) is 23.8 Å². The first kappa shape index (κ1) is 21.3. The Bertz CT molecular complexity index is 1230. The number of nitrogens with zero attached hydrogens (tertiary/aromatic N) is 2. The Morgan fingerprint density at radius 3 is 2.58 bits per heavy atom. The second kappa shape index (κ2) is 8.66. The maximum Gasteiger partial charge on any atom is 0.270 e. The van der Waals surface area contributed by atoms with Crippen molar-refractivity contribution in [3.63, 3.8) is 0 Å². The van der Waals surface area contributed by atoms with Crippen LogP contribution in [0.15, 0.2) is 63.9 Å². The van der Waals surface area contributed by atoms with Crippen molar-refractivity contribution in [2.75, 3.05) is 4.90 Å². The molecular weight excluding hydrogens is 456 g/mol. The number of non-ortho nitro benzene ring substituents is 1. The van der Waals surface area contributed by atoms with Crippen LogP contribution in [0.25, 0.3) is 17.4 Å². The second-order valence-electron chi connectivity index (χ2n) is 6.66. The number of benzene rings is 2. The number of nitro benzene ring substituents is 1. The van der Waals surface area contributed by atoms with Gasteiger partial charge >= 0.3 is 0 Å². The molecule has 0 saturated carbocycles. The summed E-state index contributed by atoms with van der Waals surface area (Å²) in [5, 5.41) is 11.1. The molecule has 9 heteroatoms. The van der Waals surface area contributed by atoms with Gasteiger partial charge in [0.05, 0.1) is 20.5 Å². The molecule has 1 aromatic heterocycles. The van der Waals surface area contributed by atoms with Gasteiger partial charge in [0.15, 0.2) is 4.32 Å². The highest BCUT2D eigenvalue weighted by molar-refractivity contribution is 8.27. The zero-order valence-corrected chi connectivity index (χ0v) is 18.6. The predicted molar refractivity (Wildman–Crippen MR) is 127 cm³/mol. The molecule has 156 valence electrons. The zero-order valence-electron chi connectivity index (χ0n) is 16.2. The van der Waals surface area contributed by atoms with Crippen LogP contribution in [0.4, 0.5) is 11.4 Å². The third-order valence-corrected chi connectivity index (χ3v) is 6.34. The number of rotatable bonds is 5. The van der Waals surface area contributed by atoms with Crippen LogP contribution in [-0.4, -0.2) is 15.2 Å². The van der Waals surface area contributed by atoms with Crippen LogP contribution in [0.3, 0.4) is 0 Å². The molecule has 0 atom stereocenters. The van der Waals surface area contributed by atoms with Crippen LogP contribution in [0.5, 0.6) is 0 Å². The molecule has 0 radical (unpaired) electrons. The molecular formula is C22H15ClN2O4S2. The Hall–Kier alpha value is -2.94. The van der Waals surface area contributed by atoms with Gasteiger partial charge in [-0.1, -0.05) is 54.6 Å². The fourth-order valence-electron chi connectivity index (χ4n) is 3.09. The molecule has 1 aliphatic rings. The molecule has 1 fully saturated rings. The maximum atomic E-state index is 12.9. The molecule has 0 aliphatic carbocycles. The maximum absolute atomic E-state index is 12.9. The van der Waals surface area contributed by atoms with Crippen molar-refractivity contribution in [2.45, 2.75) is 13.3 Å². The largest absolute Gasteiger partial charge is 0.457 e. The molecule has 1 aliphatic heterocycles. The fourth-order valence-corrected chi connectivity index (χ4v) is 4.64. The smallest absolute Gasteiger partial charge is 0.270 e. The molecule has 1 saturated heterocycles. The number of furan rings is 1. The Morgan fingerprint density at radius 2 is 1.94 bits per heavy atom. The number of nitro groups is 1. The molecule has 2 aromatic carbocycles. The molecule has 2 heterocycles. The summed E-state index contributed by atoms with van der Waals surface area (Å²) in [7, 11) is 0. The van der Waals surface area contributed by atoms with E-state index in [1.165, 1.54) is 40.4 Å². The monoisotopic (exact) mass is 470 g/mol. The molecule has 0 N–H and O–H groups in total. The standard InChI is InChI=1S/C22H15ClN2O4S2/c1-2-13-3-5-14(6-4-13)24-21(26)20(31-22(24)30)12-16-8-10-19(29-16)17-9-7-15(25(27)28)11-18(17)23/h3-12H,2H2,1H3. The molecule has 31 heavy (non-hydrogen) atoms. The van der Waals surface area contributed by atoms with Crippen molar-refractivity contribution in [3.05, 3.63) is 86.0 Å². The van der Waals surface area contributed by atoms with Crippen molar-refractivity contribution < 1.29 is 14.1 Å². The number of carbonyl (C=O) groups excluding carboxylic acids is 1. The van der Waals surface area contributed by atoms with Gasteiger partial charge in [-0.25, -0.2) is 0 Å². The lowest BCUT2D eigenvalue weighted by atomic mass is 10.1. The summed E-state index contributed by atoms with van der Waals surface area (Å²) in [6, 6.07) is 15.3. The van der Waals surface area contributed by atoms with E-state index in [-0.39, 0.29) is 16.6 Å². The van der Waals surface area contributed by atoms with E-state index < -0.39 is 4.92 Å². The van der Waals surface area contributed by atoms with Gasteiger partial charge in [0.2, 0.25) is 0 Å². The number of thiocarbonyl (C=S) groups is 1. The third-order valence-electron chi connectivity index (χ3n) is 4.73. The molecule has 0 spiro atoms. The first-order chi connectivity index (χ1) is 14.9. The van der Waals surface area contributed by atoms with E-state index in [0.717, 1.165) is 12.1 Å². The van der Waals surface area contributed by atoms with Gasteiger partial charge < -0.3 is 4.42 Å². The van der Waals surface area contributed by atoms with Gasteiger partial charge in [0.25, 0.3) is 11.6 Å². The highest BCUT2D eigenvalue weighted by Gasteiger charge is 2.33. The Labute approximate surface area is 192 Å². The fraction of sp³-hybridized carbons (Fsp3) is 0.0909. The van der Waals surface area contributed by atoms with Crippen LogP contribution < -0.4 is 4.90 Å². The van der Waals surface area contributed by atoms with Crippen LogP contribution in [0.2, 0.25) is 5.02 Å². The predicted octanol–water partition coefficient (Wildman–Crippen LogP) is 6.48. The van der Waals surface area contributed by atoms with Crippen molar-refractivity contribution >= 4 is 63.3 Å². The SMILES string of the molecule is CCc1ccc(N2C(=O)C(=Cc3ccc(-c4ccc([N+](=O)[O-])cc4Cl)o3)SC2=S)cc1. The molecule has 6 nitrogen and oxygen atoms in total. The van der Waals surface area contributed by atoms with E-state index in [4.69, 9.17) is 28.2 Å². The number of anilines is 1. The highest BCUT2D eigenvalue weighted by atomic mass is 35.5. The first-order valence-electron chi connectivity index (χ1n) is 9.28. The summed E-state index contributed by atoms with van der Waals surface area (Å²) < 4.78 is 6.26. The molecule has 0 unspecified atom stereocenters. The number of halogens is 1. The van der Waals surface area contributed by atoms with Gasteiger partial charge in [-0.2, -0.15) is 0 Å². The average Bonchev–Trinajstić information content (AvgIpc) is 3.32. The Morgan fingerprint density at radius 1 is 1.19 bits per heavy atom. The summed E-state index contributed by atoms with van der Waals surface area (Å²) in [6.07, 6.45) is 2.54. The van der Waals surface area contributed by atoms with Gasteiger partial charge in [0.1, 0.15) is 11.5 Å². The minimum Gasteiger partial charge on any atom is -0.457 e. The molecule has 0 bridgehead atoms. The van der Waals surface area contributed by atoms with Crippen LogP contribution in [0, 0.1) is 10.1 Å². The zero-order chi connectivity index (χ0) is 22.1. The van der Waals surface area contributed by atoms with Crippen molar-refractivity contribution in [1.82, 2.24) is 0 Å². The van der Waals surface area contributed by atoms with Crippen molar-refractivity contribution in [1.29, 1.82) is 0 Å². The summed E-state index contributed by atoms with van der Waals surface area (Å²) in [6.45, 7) is 2.07. The van der Waals surface area contributed by atoms with Gasteiger partial charge in [-0.15, -0.1) is 0 Å². The average molecular weight is 471 g/mol. The normalized spacial score (nSPS) is 15.2. The molecule has 3 aromatic rings. The summed E-state index contributed by atoms with van der Waals surface area (Å²) in [5.74, 6) is 0.675. The van der Waals surface area contributed by atoms with E-state index in [1.54, 1.807) is 18.2 Å². The molecule has 1 amide bonds. The topological polar surface area (TPSA) is 76.6 Å². The number of hydrogen-bond donors (Lipinski definition) is 0. The lowest BCUT2D eigenvalue weighted by molar-refractivity contribution is -0.384. The van der Waals surface area contributed by atoms with Crippen molar-refractivity contribution in [2.24, 2.45) is 0 Å². The summed E-state index contributed by atoms with van der Waals surface area (Å²) >= 11 is 12.8. The van der Waals surface area contributed by atoms with Crippen LogP contribution in [-0.2, 0) is 11.2 Å². The number of aryl methyl sites for hydroxylation is 1. The third kappa shape index (κ3) is 4.27. The van der Waals surface area contributed by atoms with Crippen molar-refractivity contribution in [3.8, 4) is 11.3 Å². The Balaban J connectivity index is 1.58. The van der Waals surface area contributed by atoms with E-state index in [1.807, 2.05) is 24.3 Å². The Kier molecular flexibility index (Phi) is 5.95. The number of hydrogen-bond acceptors (Lipinski definition) is 6. The lowest BCUT2D eigenvalue weighted by Gasteiger charge is -2.14. The minimum absolute atomic E-state index is 0.101. The minimum atomic E-state index is -0.513. The summed E-state index contributed by atoms with van der Waals surface area (Å²) in [5.41, 5.74) is 2.32. The van der Waals surface area contributed by atoms with Gasteiger partial charge in [-0.3, -0.25) is 19.8 Å².